The van der Waals surface area contributed by atoms with E-state index in [0.29, 0.717) is 0 Å². The molecule has 0 unspecified atom stereocenters. The summed E-state index contributed by atoms with van der Waals surface area (Å²) in [6.07, 6.45) is 0. The zero-order valence-electron chi connectivity index (χ0n) is 5.57. The van der Waals surface area contributed by atoms with Gasteiger partial charge in [0.05, 0.1) is 0 Å². The standard InChI is InChI=1S/C6H6BFO3.Li.H/c8-5-2-1-3-6(4-5)11-7(9)10;;/h1-4,9-10H;;. The van der Waals surface area contributed by atoms with Crippen LogP contribution in [-0.4, -0.2) is 36.2 Å². The molecule has 0 spiro atoms. The van der Waals surface area contributed by atoms with Crippen molar-refractivity contribution in [1.82, 2.24) is 0 Å². The molecule has 60 valence electrons. The van der Waals surface area contributed by atoms with Crippen LogP contribution in [0.15, 0.2) is 24.3 Å². The molecule has 1 rings (SSSR count). The molecule has 0 bridgehead atoms. The SMILES string of the molecule is OB(O)Oc1cccc(F)c1.[LiH]. The van der Waals surface area contributed by atoms with Crippen molar-refractivity contribution in [2.45, 2.75) is 0 Å². The van der Waals surface area contributed by atoms with Gasteiger partial charge in [0, 0.05) is 6.07 Å². The predicted octanol–water partition coefficient (Wildman–Crippen LogP) is -0.475. The fraction of sp³-hybridized carbons (Fsp3) is 0. The van der Waals surface area contributed by atoms with Gasteiger partial charge in [-0.3, -0.25) is 0 Å². The summed E-state index contributed by atoms with van der Waals surface area (Å²) < 4.78 is 16.7. The summed E-state index contributed by atoms with van der Waals surface area (Å²) >= 11 is 0. The molecule has 6 heteroatoms. The van der Waals surface area contributed by atoms with E-state index in [0.717, 1.165) is 6.07 Å². The maximum absolute atomic E-state index is 12.4. The minimum absolute atomic E-state index is 0. The molecule has 12 heavy (non-hydrogen) atoms. The Morgan fingerprint density at radius 3 is 2.50 bits per heavy atom. The molecule has 0 fully saturated rings. The summed E-state index contributed by atoms with van der Waals surface area (Å²) in [5.74, 6) is -0.400. The second-order valence-electron chi connectivity index (χ2n) is 1.90. The average molecular weight is 164 g/mol. The van der Waals surface area contributed by atoms with Crippen LogP contribution in [0.25, 0.3) is 0 Å². The Balaban J connectivity index is 0.00000121. The van der Waals surface area contributed by atoms with E-state index in [-0.39, 0.29) is 24.6 Å². The van der Waals surface area contributed by atoms with Gasteiger partial charge >= 0.3 is 26.2 Å². The molecular weight excluding hydrogens is 157 g/mol. The van der Waals surface area contributed by atoms with Gasteiger partial charge in [0.2, 0.25) is 0 Å². The molecule has 0 saturated carbocycles. The van der Waals surface area contributed by atoms with Crippen molar-refractivity contribution in [3.8, 4) is 5.75 Å². The van der Waals surface area contributed by atoms with Crippen molar-refractivity contribution in [3.63, 3.8) is 0 Å². The van der Waals surface area contributed by atoms with Crippen molar-refractivity contribution >= 4 is 26.2 Å². The second-order valence-corrected chi connectivity index (χ2v) is 1.90. The summed E-state index contributed by atoms with van der Waals surface area (Å²) in [4.78, 5) is 0. The van der Waals surface area contributed by atoms with Gasteiger partial charge in [-0.2, -0.15) is 0 Å². The van der Waals surface area contributed by atoms with E-state index >= 15 is 0 Å². The van der Waals surface area contributed by atoms with Crippen molar-refractivity contribution in [2.24, 2.45) is 0 Å². The molecule has 0 heterocycles. The third-order valence-corrected chi connectivity index (χ3v) is 1.04. The van der Waals surface area contributed by atoms with E-state index in [9.17, 15) is 4.39 Å². The van der Waals surface area contributed by atoms with Crippen LogP contribution < -0.4 is 4.65 Å². The van der Waals surface area contributed by atoms with E-state index in [1.165, 1.54) is 18.2 Å². The molecule has 3 nitrogen and oxygen atoms in total. The van der Waals surface area contributed by atoms with E-state index < -0.39 is 13.1 Å². The van der Waals surface area contributed by atoms with E-state index in [1.807, 2.05) is 0 Å². The molecule has 0 aromatic heterocycles. The molecule has 1 aromatic rings. The topological polar surface area (TPSA) is 49.7 Å². The zero-order valence-corrected chi connectivity index (χ0v) is 5.57. The first kappa shape index (κ1) is 11.5. The Morgan fingerprint density at radius 2 is 2.00 bits per heavy atom. The monoisotopic (exact) mass is 164 g/mol. The Hall–Kier alpha value is -0.468. The maximum atomic E-state index is 12.4. The third-order valence-electron chi connectivity index (χ3n) is 1.04. The van der Waals surface area contributed by atoms with Gasteiger partial charge in [-0.25, -0.2) is 4.39 Å². The van der Waals surface area contributed by atoms with Crippen molar-refractivity contribution in [2.75, 3.05) is 0 Å². The number of hydrogen-bond acceptors (Lipinski definition) is 3. The van der Waals surface area contributed by atoms with Crippen LogP contribution in [0.1, 0.15) is 0 Å². The van der Waals surface area contributed by atoms with Crippen LogP contribution in [0, 0.1) is 5.82 Å². The van der Waals surface area contributed by atoms with Crippen LogP contribution in [0.2, 0.25) is 0 Å². The molecule has 1 aromatic carbocycles. The van der Waals surface area contributed by atoms with Crippen molar-refractivity contribution in [1.29, 1.82) is 0 Å². The zero-order chi connectivity index (χ0) is 8.27. The van der Waals surface area contributed by atoms with Gasteiger partial charge < -0.3 is 14.7 Å². The molecule has 0 amide bonds. The Morgan fingerprint density at radius 1 is 1.33 bits per heavy atom. The molecule has 0 aliphatic heterocycles. The summed E-state index contributed by atoms with van der Waals surface area (Å²) in [7, 11) is -1.91. The molecule has 0 aliphatic carbocycles. The van der Waals surface area contributed by atoms with Crippen LogP contribution in [0.3, 0.4) is 0 Å². The third kappa shape index (κ3) is 3.79. The van der Waals surface area contributed by atoms with Crippen LogP contribution in [0.5, 0.6) is 5.75 Å². The first-order valence-electron chi connectivity index (χ1n) is 2.97. The summed E-state index contributed by atoms with van der Waals surface area (Å²) in [5, 5.41) is 16.6. The normalized spacial score (nSPS) is 8.58. The Kier molecular flexibility index (Phi) is 5.02. The van der Waals surface area contributed by atoms with Gasteiger partial charge in [-0.05, 0) is 12.1 Å². The van der Waals surface area contributed by atoms with Crippen LogP contribution in [0.4, 0.5) is 4.39 Å². The van der Waals surface area contributed by atoms with Crippen LogP contribution >= 0.6 is 0 Å². The summed E-state index contributed by atoms with van der Waals surface area (Å²) in [6, 6.07) is 5.12. The minimum atomic E-state index is -1.91. The Bertz CT molecular complexity index is 246. The van der Waals surface area contributed by atoms with E-state index in [4.69, 9.17) is 10.0 Å². The van der Waals surface area contributed by atoms with Crippen LogP contribution in [-0.2, 0) is 0 Å². The quantitative estimate of drug-likeness (QED) is 0.580. The Labute approximate surface area is 81.5 Å². The first-order valence-corrected chi connectivity index (χ1v) is 2.97. The molecule has 0 radical (unpaired) electrons. The molecule has 0 atom stereocenters. The number of benzene rings is 1. The van der Waals surface area contributed by atoms with Gasteiger partial charge in [-0.15, -0.1) is 0 Å². The van der Waals surface area contributed by atoms with E-state index in [1.54, 1.807) is 0 Å². The molecular formula is C6H7BFLiO3. The number of hydrogen-bond donors (Lipinski definition) is 2. The fourth-order valence-corrected chi connectivity index (χ4v) is 0.662. The molecule has 2 N–H and O–H groups in total. The number of halogens is 1. The molecule has 0 aliphatic rings. The van der Waals surface area contributed by atoms with Gasteiger partial charge in [0.25, 0.3) is 0 Å². The van der Waals surface area contributed by atoms with Gasteiger partial charge in [0.15, 0.2) is 0 Å². The first-order chi connectivity index (χ1) is 5.18. The number of rotatable bonds is 2. The average Bonchev–Trinajstić information content (AvgIpc) is 1.85. The van der Waals surface area contributed by atoms with Gasteiger partial charge in [-0.1, -0.05) is 6.07 Å². The second kappa shape index (κ2) is 5.23. The molecule has 0 saturated heterocycles. The predicted molar refractivity (Wildman–Crippen MR) is 44.4 cm³/mol. The van der Waals surface area contributed by atoms with Crippen molar-refractivity contribution < 1.29 is 19.1 Å². The van der Waals surface area contributed by atoms with Gasteiger partial charge in [0.1, 0.15) is 11.6 Å². The van der Waals surface area contributed by atoms with Crippen molar-refractivity contribution in [3.05, 3.63) is 30.1 Å². The van der Waals surface area contributed by atoms with E-state index in [2.05, 4.69) is 4.65 Å². The summed E-state index contributed by atoms with van der Waals surface area (Å²) in [6.45, 7) is 0. The summed E-state index contributed by atoms with van der Waals surface area (Å²) in [5.41, 5.74) is 0. The fourth-order valence-electron chi connectivity index (χ4n) is 0.662.